The molecule has 1 heterocycles. The van der Waals surface area contributed by atoms with Crippen LogP contribution in [0.5, 0.6) is 0 Å². The van der Waals surface area contributed by atoms with E-state index in [1.165, 1.54) is 25.9 Å². The molecule has 0 N–H and O–H groups in total. The van der Waals surface area contributed by atoms with Gasteiger partial charge in [0.1, 0.15) is 0 Å². The Morgan fingerprint density at radius 2 is 1.67 bits per heavy atom. The van der Waals surface area contributed by atoms with Crippen molar-refractivity contribution in [2.75, 3.05) is 13.1 Å². The molecule has 1 radical (unpaired) electrons. The third-order valence-electron chi connectivity index (χ3n) is 1.11. The maximum absolute atomic E-state index is 3.42. The summed E-state index contributed by atoms with van der Waals surface area (Å²) in [7, 11) is 3.42. The van der Waals surface area contributed by atoms with Crippen LogP contribution >= 0.6 is 9.39 Å². The normalized spacial score (nSPS) is 25.5. The van der Waals surface area contributed by atoms with Crippen LogP contribution in [0.25, 0.3) is 0 Å². The highest BCUT2D eigenvalue weighted by Gasteiger charge is 2.04. The van der Waals surface area contributed by atoms with Crippen molar-refractivity contribution in [3.8, 4) is 0 Å². The Morgan fingerprint density at radius 3 is 1.83 bits per heavy atom. The minimum Gasteiger partial charge on any atom is -0.280 e. The van der Waals surface area contributed by atoms with Gasteiger partial charge in [0.05, 0.1) is 0 Å². The van der Waals surface area contributed by atoms with Gasteiger partial charge >= 0.3 is 0 Å². The van der Waals surface area contributed by atoms with Gasteiger partial charge in [0.15, 0.2) is 0 Å². The zero-order valence-corrected chi connectivity index (χ0v) is 4.78. The van der Waals surface area contributed by atoms with Crippen LogP contribution in [0, 0.1) is 0 Å². The second-order valence-corrected chi connectivity index (χ2v) is 2.33. The zero-order valence-electron chi connectivity index (χ0n) is 3.78. The van der Waals surface area contributed by atoms with Crippen LogP contribution in [0.2, 0.25) is 0 Å². The van der Waals surface area contributed by atoms with E-state index in [1.54, 1.807) is 0 Å². The standard InChI is InChI=1S/C4H9NP/c6-5-3-1-2-4-5/h6H,1-4H2. The van der Waals surface area contributed by atoms with Crippen molar-refractivity contribution in [1.29, 1.82) is 0 Å². The van der Waals surface area contributed by atoms with Crippen LogP contribution in [-0.4, -0.2) is 17.8 Å². The van der Waals surface area contributed by atoms with Gasteiger partial charge in [0.25, 0.3) is 0 Å². The molecule has 1 fully saturated rings. The lowest BCUT2D eigenvalue weighted by molar-refractivity contribution is 0.586. The minimum absolute atomic E-state index is 1.23. The minimum atomic E-state index is 1.23. The first kappa shape index (κ1) is 4.55. The van der Waals surface area contributed by atoms with Crippen molar-refractivity contribution in [1.82, 2.24) is 4.67 Å². The summed E-state index contributed by atoms with van der Waals surface area (Å²) in [6.45, 7) is 2.47. The van der Waals surface area contributed by atoms with E-state index >= 15 is 0 Å². The Kier molecular flexibility index (Phi) is 1.44. The van der Waals surface area contributed by atoms with E-state index in [0.29, 0.717) is 0 Å². The quantitative estimate of drug-likeness (QED) is 0.414. The summed E-state index contributed by atoms with van der Waals surface area (Å²) in [6, 6.07) is 0. The summed E-state index contributed by atoms with van der Waals surface area (Å²) in [4.78, 5) is 0. The summed E-state index contributed by atoms with van der Waals surface area (Å²) in [5.74, 6) is 0. The number of nitrogens with zero attached hydrogens (tertiary/aromatic N) is 1. The molecule has 2 heteroatoms. The molecule has 35 valence electrons. The van der Waals surface area contributed by atoms with E-state index in [0.717, 1.165) is 0 Å². The van der Waals surface area contributed by atoms with Gasteiger partial charge in [-0.1, -0.05) is 0 Å². The molecule has 0 spiro atoms. The van der Waals surface area contributed by atoms with E-state index in [1.807, 2.05) is 0 Å². The fraction of sp³-hybridized carbons (Fsp3) is 1.00. The van der Waals surface area contributed by atoms with Crippen molar-refractivity contribution < 1.29 is 0 Å². The van der Waals surface area contributed by atoms with E-state index in [-0.39, 0.29) is 0 Å². The van der Waals surface area contributed by atoms with E-state index in [4.69, 9.17) is 0 Å². The maximum atomic E-state index is 3.42. The first-order chi connectivity index (χ1) is 2.89. The largest absolute Gasteiger partial charge is 0.280 e. The van der Waals surface area contributed by atoms with Gasteiger partial charge in [-0.2, -0.15) is 0 Å². The van der Waals surface area contributed by atoms with Crippen LogP contribution in [0.3, 0.4) is 0 Å². The molecule has 1 aliphatic heterocycles. The first-order valence-corrected chi connectivity index (χ1v) is 2.80. The SMILES string of the molecule is [PH]N1CCCC1. The third-order valence-corrected chi connectivity index (χ3v) is 1.55. The number of rotatable bonds is 0. The maximum Gasteiger partial charge on any atom is 0.00224 e. The highest BCUT2D eigenvalue weighted by molar-refractivity contribution is 7.13. The lowest BCUT2D eigenvalue weighted by Crippen LogP contribution is -2.01. The van der Waals surface area contributed by atoms with Gasteiger partial charge in [-0.25, -0.2) is 0 Å². The van der Waals surface area contributed by atoms with Crippen LogP contribution in [0.4, 0.5) is 0 Å². The fourth-order valence-electron chi connectivity index (χ4n) is 0.717. The van der Waals surface area contributed by atoms with Gasteiger partial charge in [-0.15, -0.1) is 0 Å². The van der Waals surface area contributed by atoms with Crippen molar-refractivity contribution in [3.63, 3.8) is 0 Å². The monoisotopic (exact) mass is 102 g/mol. The van der Waals surface area contributed by atoms with Crippen LogP contribution in [0.15, 0.2) is 0 Å². The number of hydrogen-bond acceptors (Lipinski definition) is 1. The molecule has 6 heavy (non-hydrogen) atoms. The Hall–Kier alpha value is 0.390. The predicted molar refractivity (Wildman–Crippen MR) is 29.1 cm³/mol. The van der Waals surface area contributed by atoms with Gasteiger partial charge in [-0.05, 0) is 22.2 Å². The Balaban J connectivity index is 2.18. The Labute approximate surface area is 41.0 Å². The van der Waals surface area contributed by atoms with Crippen LogP contribution < -0.4 is 0 Å². The molecule has 0 aliphatic carbocycles. The molecule has 0 aromatic rings. The summed E-state index contributed by atoms with van der Waals surface area (Å²) in [6.07, 6.45) is 2.73. The van der Waals surface area contributed by atoms with Gasteiger partial charge in [0.2, 0.25) is 0 Å². The zero-order chi connectivity index (χ0) is 4.41. The topological polar surface area (TPSA) is 3.24 Å². The average Bonchev–Trinajstić information content (AvgIpc) is 1.86. The van der Waals surface area contributed by atoms with Gasteiger partial charge in [-0.3, -0.25) is 4.67 Å². The van der Waals surface area contributed by atoms with Crippen molar-refractivity contribution in [2.45, 2.75) is 12.8 Å². The first-order valence-electron chi connectivity index (χ1n) is 2.36. The molecule has 0 atom stereocenters. The molecule has 1 aliphatic rings. The highest BCUT2D eigenvalue weighted by atomic mass is 31.0. The van der Waals surface area contributed by atoms with E-state index in [2.05, 4.69) is 14.1 Å². The predicted octanol–water partition coefficient (Wildman–Crippen LogP) is 1.14. The van der Waals surface area contributed by atoms with Gasteiger partial charge < -0.3 is 0 Å². The van der Waals surface area contributed by atoms with E-state index < -0.39 is 0 Å². The molecule has 0 aromatic heterocycles. The summed E-state index contributed by atoms with van der Waals surface area (Å²) in [5.41, 5.74) is 0. The third kappa shape index (κ3) is 0.924. The molecule has 0 aromatic carbocycles. The van der Waals surface area contributed by atoms with Gasteiger partial charge in [0, 0.05) is 13.1 Å². The molecular formula is C4H9NP. The second kappa shape index (κ2) is 1.90. The highest BCUT2D eigenvalue weighted by Crippen LogP contribution is 2.10. The molecule has 0 unspecified atom stereocenters. The molecule has 1 saturated heterocycles. The lowest BCUT2D eigenvalue weighted by atomic mass is 10.4. The Morgan fingerprint density at radius 1 is 1.17 bits per heavy atom. The number of hydrogen-bond donors (Lipinski definition) is 0. The summed E-state index contributed by atoms with van der Waals surface area (Å²) >= 11 is 0. The second-order valence-electron chi connectivity index (χ2n) is 1.69. The lowest BCUT2D eigenvalue weighted by Gasteiger charge is -1.99. The van der Waals surface area contributed by atoms with Crippen molar-refractivity contribution in [2.24, 2.45) is 0 Å². The van der Waals surface area contributed by atoms with Crippen molar-refractivity contribution >= 4 is 9.39 Å². The van der Waals surface area contributed by atoms with Crippen LogP contribution in [-0.2, 0) is 0 Å². The fourth-order valence-corrected chi connectivity index (χ4v) is 1.03. The molecule has 1 nitrogen and oxygen atoms in total. The average molecular weight is 102 g/mol. The summed E-state index contributed by atoms with van der Waals surface area (Å²) in [5, 5.41) is 0. The molecule has 0 amide bonds. The Bertz CT molecular complexity index is 40.8. The van der Waals surface area contributed by atoms with Crippen molar-refractivity contribution in [3.05, 3.63) is 0 Å². The molecule has 1 rings (SSSR count). The molecule has 0 saturated carbocycles. The van der Waals surface area contributed by atoms with E-state index in [9.17, 15) is 0 Å². The summed E-state index contributed by atoms with van der Waals surface area (Å²) < 4.78 is 2.17. The molecular weight excluding hydrogens is 93.0 g/mol. The smallest absolute Gasteiger partial charge is 0.00224 e. The molecule has 0 bridgehead atoms. The van der Waals surface area contributed by atoms with Crippen LogP contribution in [0.1, 0.15) is 12.8 Å².